The fourth-order valence-corrected chi connectivity index (χ4v) is 4.51. The minimum absolute atomic E-state index is 0.0429. The van der Waals surface area contributed by atoms with Crippen LogP contribution in [0.15, 0.2) is 51.9 Å². The van der Waals surface area contributed by atoms with E-state index in [-0.39, 0.29) is 17.4 Å². The topological polar surface area (TPSA) is 67.5 Å². The summed E-state index contributed by atoms with van der Waals surface area (Å²) in [6.07, 6.45) is 1.55. The number of pyridine rings is 1. The maximum Gasteiger partial charge on any atom is 0.405 e. The molecule has 0 saturated carbocycles. The molecule has 0 unspecified atom stereocenters. The van der Waals surface area contributed by atoms with Crippen LogP contribution in [0.5, 0.6) is 0 Å². The highest BCUT2D eigenvalue weighted by Gasteiger charge is 2.44. The molecule has 2 aromatic heterocycles. The van der Waals surface area contributed by atoms with Gasteiger partial charge in [-0.05, 0) is 30.7 Å². The summed E-state index contributed by atoms with van der Waals surface area (Å²) >= 11 is 0. The minimum Gasteiger partial charge on any atom is -0.465 e. The van der Waals surface area contributed by atoms with Crippen molar-refractivity contribution in [3.05, 3.63) is 64.5 Å². The molecule has 2 aliphatic rings. The second kappa shape index (κ2) is 8.14. The van der Waals surface area contributed by atoms with Gasteiger partial charge in [0.15, 0.2) is 0 Å². The molecule has 1 fully saturated rings. The lowest BCUT2D eigenvalue weighted by atomic mass is 9.78. The number of halogens is 3. The molecule has 0 radical (unpaired) electrons. The molecule has 1 saturated heterocycles. The van der Waals surface area contributed by atoms with Crippen molar-refractivity contribution >= 4 is 12.0 Å². The number of aromatic nitrogens is 1. The third kappa shape index (κ3) is 4.35. The van der Waals surface area contributed by atoms with Crippen molar-refractivity contribution in [2.75, 3.05) is 26.2 Å². The molecule has 30 heavy (non-hydrogen) atoms. The molecule has 1 N–H and O–H groups in total. The molecule has 0 aromatic carbocycles. The molecule has 2 aliphatic heterocycles. The van der Waals surface area contributed by atoms with Gasteiger partial charge in [0, 0.05) is 43.2 Å². The Morgan fingerprint density at radius 1 is 1.23 bits per heavy atom. The second-order valence-corrected chi connectivity index (χ2v) is 7.77. The average Bonchev–Trinajstić information content (AvgIpc) is 3.20. The quantitative estimate of drug-likeness (QED) is 0.806. The van der Waals surface area contributed by atoms with Gasteiger partial charge in [0.1, 0.15) is 18.3 Å². The Labute approximate surface area is 171 Å². The molecule has 2 aromatic rings. The van der Waals surface area contributed by atoms with Crippen LogP contribution in [-0.2, 0) is 4.79 Å². The van der Waals surface area contributed by atoms with E-state index in [9.17, 15) is 22.8 Å². The van der Waals surface area contributed by atoms with Gasteiger partial charge in [-0.1, -0.05) is 12.1 Å². The molecule has 6 nitrogen and oxygen atoms in total. The molecular formula is C21H22F3N3O3. The second-order valence-electron chi connectivity index (χ2n) is 7.77. The molecule has 4 heterocycles. The number of furan rings is 1. The molecule has 0 aliphatic carbocycles. The number of rotatable bonds is 5. The van der Waals surface area contributed by atoms with E-state index < -0.39 is 24.7 Å². The van der Waals surface area contributed by atoms with Crippen LogP contribution in [-0.4, -0.2) is 47.7 Å². The van der Waals surface area contributed by atoms with E-state index in [0.29, 0.717) is 31.7 Å². The lowest BCUT2D eigenvalue weighted by Crippen LogP contribution is -2.54. The number of carbonyl (C=O) groups excluding carboxylic acids is 1. The van der Waals surface area contributed by atoms with Crippen LogP contribution in [0.1, 0.15) is 29.8 Å². The van der Waals surface area contributed by atoms with Crippen molar-refractivity contribution in [3.63, 3.8) is 0 Å². The maximum atomic E-state index is 12.7. The number of hydrogen-bond donors (Lipinski definition) is 1. The maximum absolute atomic E-state index is 12.7. The van der Waals surface area contributed by atoms with E-state index in [1.807, 2.05) is 23.5 Å². The van der Waals surface area contributed by atoms with Crippen LogP contribution < -0.4 is 10.9 Å². The van der Waals surface area contributed by atoms with Gasteiger partial charge in [-0.15, -0.1) is 0 Å². The van der Waals surface area contributed by atoms with Gasteiger partial charge in [-0.2, -0.15) is 13.2 Å². The van der Waals surface area contributed by atoms with Crippen LogP contribution in [0.25, 0.3) is 6.08 Å². The number of likely N-dealkylation sites (tertiary alicyclic amines) is 1. The predicted octanol–water partition coefficient (Wildman–Crippen LogP) is 2.79. The van der Waals surface area contributed by atoms with Gasteiger partial charge in [0.2, 0.25) is 5.91 Å². The van der Waals surface area contributed by atoms with Gasteiger partial charge < -0.3 is 9.73 Å². The van der Waals surface area contributed by atoms with Crippen molar-refractivity contribution in [1.82, 2.24) is 14.8 Å². The van der Waals surface area contributed by atoms with Gasteiger partial charge in [0.25, 0.3) is 5.56 Å². The highest BCUT2D eigenvalue weighted by molar-refractivity contribution is 5.81. The zero-order valence-corrected chi connectivity index (χ0v) is 16.1. The van der Waals surface area contributed by atoms with E-state index in [1.165, 1.54) is 10.6 Å². The van der Waals surface area contributed by atoms with E-state index >= 15 is 0 Å². The summed E-state index contributed by atoms with van der Waals surface area (Å²) in [6, 6.07) is 7.45. The standard InChI is InChI=1S/C21H22F3N3O3/c22-21(23,24)13-25-20(29)19-15-10-14(17-6-1-7-18(28)27(17)19)11-26(12-15)8-2-4-16-5-3-9-30-16/h1-7,9,14-15,19H,8,10-13H2,(H,25,29)/b4-2+/t14-,15+,19-/m1/s1. The number of piperidine rings is 1. The Morgan fingerprint density at radius 3 is 2.80 bits per heavy atom. The summed E-state index contributed by atoms with van der Waals surface area (Å²) in [6.45, 7) is 0.426. The zero-order valence-electron chi connectivity index (χ0n) is 16.1. The van der Waals surface area contributed by atoms with Crippen molar-refractivity contribution in [1.29, 1.82) is 0 Å². The molecule has 1 amide bonds. The summed E-state index contributed by atoms with van der Waals surface area (Å²) in [5.41, 5.74) is 0.339. The third-order valence-electron chi connectivity index (χ3n) is 5.64. The van der Waals surface area contributed by atoms with E-state index in [4.69, 9.17) is 4.42 Å². The Hall–Kier alpha value is -2.81. The van der Waals surface area contributed by atoms with Crippen molar-refractivity contribution < 1.29 is 22.4 Å². The molecule has 9 heteroatoms. The first kappa shape index (κ1) is 20.5. The highest BCUT2D eigenvalue weighted by atomic mass is 19.4. The number of nitrogens with zero attached hydrogens (tertiary/aromatic N) is 2. The van der Waals surface area contributed by atoms with Crippen LogP contribution in [0.2, 0.25) is 0 Å². The van der Waals surface area contributed by atoms with Crippen LogP contribution >= 0.6 is 0 Å². The fraction of sp³-hybridized carbons (Fsp3) is 0.429. The number of amides is 1. The summed E-state index contributed by atoms with van der Waals surface area (Å²) in [5.74, 6) is -0.241. The zero-order chi connectivity index (χ0) is 21.3. The number of fused-ring (bicyclic) bond motifs is 4. The molecular weight excluding hydrogens is 399 g/mol. The highest BCUT2D eigenvalue weighted by Crippen LogP contribution is 2.41. The molecule has 160 valence electrons. The molecule has 2 bridgehead atoms. The summed E-state index contributed by atoms with van der Waals surface area (Å²) in [5, 5.41) is 1.97. The van der Waals surface area contributed by atoms with E-state index in [1.54, 1.807) is 24.5 Å². The number of hydrogen-bond acceptors (Lipinski definition) is 4. The largest absolute Gasteiger partial charge is 0.465 e. The van der Waals surface area contributed by atoms with E-state index in [2.05, 4.69) is 4.90 Å². The molecule has 3 atom stereocenters. The monoisotopic (exact) mass is 421 g/mol. The summed E-state index contributed by atoms with van der Waals surface area (Å²) < 4.78 is 44.5. The first-order chi connectivity index (χ1) is 14.3. The first-order valence-electron chi connectivity index (χ1n) is 9.80. The SMILES string of the molecule is O=C(NCC(F)(F)F)[C@H]1[C@H]2C[C@H](CN(C/C=C/c3ccco3)C2)c2cccc(=O)n21. The predicted molar refractivity (Wildman–Crippen MR) is 104 cm³/mol. The Bertz CT molecular complexity index is 981. The Morgan fingerprint density at radius 2 is 2.07 bits per heavy atom. The van der Waals surface area contributed by atoms with Crippen LogP contribution in [0, 0.1) is 5.92 Å². The van der Waals surface area contributed by atoms with Crippen LogP contribution in [0.4, 0.5) is 13.2 Å². The molecule has 0 spiro atoms. The smallest absolute Gasteiger partial charge is 0.405 e. The van der Waals surface area contributed by atoms with Crippen LogP contribution in [0.3, 0.4) is 0 Å². The lowest BCUT2D eigenvalue weighted by molar-refractivity contribution is -0.142. The van der Waals surface area contributed by atoms with Crippen molar-refractivity contribution in [3.8, 4) is 0 Å². The number of nitrogens with one attached hydrogen (secondary N) is 1. The minimum atomic E-state index is -4.51. The normalized spacial score (nSPS) is 24.0. The van der Waals surface area contributed by atoms with Gasteiger partial charge in [-0.3, -0.25) is 19.1 Å². The lowest BCUT2D eigenvalue weighted by Gasteiger charge is -2.46. The first-order valence-corrected chi connectivity index (χ1v) is 9.80. The third-order valence-corrected chi connectivity index (χ3v) is 5.64. The number of alkyl halides is 3. The summed E-state index contributed by atoms with van der Waals surface area (Å²) in [7, 11) is 0. The van der Waals surface area contributed by atoms with Crippen molar-refractivity contribution in [2.45, 2.75) is 24.6 Å². The Kier molecular flexibility index (Phi) is 5.55. The number of carbonyl (C=O) groups is 1. The van der Waals surface area contributed by atoms with Crippen molar-refractivity contribution in [2.24, 2.45) is 5.92 Å². The van der Waals surface area contributed by atoms with Gasteiger partial charge >= 0.3 is 6.18 Å². The van der Waals surface area contributed by atoms with E-state index in [0.717, 1.165) is 5.76 Å². The van der Waals surface area contributed by atoms with Gasteiger partial charge in [-0.25, -0.2) is 0 Å². The van der Waals surface area contributed by atoms with Gasteiger partial charge in [0.05, 0.1) is 6.26 Å². The summed E-state index contributed by atoms with van der Waals surface area (Å²) in [4.78, 5) is 27.4. The Balaban J connectivity index is 1.57. The average molecular weight is 421 g/mol. The molecule has 4 rings (SSSR count). The fourth-order valence-electron chi connectivity index (χ4n) is 4.51.